The van der Waals surface area contributed by atoms with Crippen LogP contribution in [-0.4, -0.2) is 44.6 Å². The van der Waals surface area contributed by atoms with Crippen molar-refractivity contribution in [3.63, 3.8) is 0 Å². The number of esters is 3. The largest absolute Gasteiger partial charge is 0.468 e. The fourth-order valence-electron chi connectivity index (χ4n) is 3.93. The monoisotopic (exact) mass is 425 g/mol. The standard InChI is InChI=1S/C23H23NO7/c1-15(25)31-14-23(19(20(26)29-2)21(27)30-3)17-11-7-8-12-18(17)24(22(23)28)13-16-9-5-4-6-10-16/h4-12,19H,13-14H2,1-3H3. The van der Waals surface area contributed by atoms with Gasteiger partial charge in [-0.3, -0.25) is 19.2 Å². The van der Waals surface area contributed by atoms with Crippen LogP contribution in [0.2, 0.25) is 0 Å². The van der Waals surface area contributed by atoms with E-state index in [1.807, 2.05) is 30.3 Å². The average Bonchev–Trinajstić information content (AvgIpc) is 3.01. The number of benzene rings is 2. The van der Waals surface area contributed by atoms with E-state index in [4.69, 9.17) is 14.2 Å². The molecule has 1 amide bonds. The molecule has 1 aliphatic rings. The summed E-state index contributed by atoms with van der Waals surface area (Å²) in [4.78, 5) is 52.5. The lowest BCUT2D eigenvalue weighted by atomic mass is 9.71. The number of methoxy groups -OCH3 is 2. The van der Waals surface area contributed by atoms with Crippen LogP contribution < -0.4 is 4.90 Å². The van der Waals surface area contributed by atoms with Gasteiger partial charge in [0.1, 0.15) is 12.0 Å². The molecule has 1 aliphatic heterocycles. The highest BCUT2D eigenvalue weighted by Gasteiger charge is 2.62. The molecular formula is C23H23NO7. The molecule has 0 bridgehead atoms. The van der Waals surface area contributed by atoms with E-state index in [0.717, 1.165) is 19.8 Å². The molecule has 1 atom stereocenters. The van der Waals surface area contributed by atoms with Crippen molar-refractivity contribution in [3.8, 4) is 0 Å². The summed E-state index contributed by atoms with van der Waals surface area (Å²) >= 11 is 0. The summed E-state index contributed by atoms with van der Waals surface area (Å²) in [5, 5.41) is 0. The Morgan fingerprint density at radius 1 is 0.935 bits per heavy atom. The SMILES string of the molecule is COC(=O)C(C(=O)OC)C1(COC(C)=O)C(=O)N(Cc2ccccc2)c2ccccc21. The molecule has 0 saturated carbocycles. The van der Waals surface area contributed by atoms with Gasteiger partial charge >= 0.3 is 17.9 Å². The number of para-hydroxylation sites is 1. The predicted molar refractivity (Wildman–Crippen MR) is 110 cm³/mol. The van der Waals surface area contributed by atoms with Crippen LogP contribution in [0.15, 0.2) is 54.6 Å². The van der Waals surface area contributed by atoms with Gasteiger partial charge in [-0.2, -0.15) is 0 Å². The van der Waals surface area contributed by atoms with Crippen LogP contribution in [0, 0.1) is 5.92 Å². The molecule has 1 unspecified atom stereocenters. The van der Waals surface area contributed by atoms with E-state index in [1.165, 1.54) is 11.8 Å². The zero-order valence-electron chi connectivity index (χ0n) is 17.5. The molecule has 31 heavy (non-hydrogen) atoms. The van der Waals surface area contributed by atoms with Gasteiger partial charge in [0.2, 0.25) is 5.91 Å². The van der Waals surface area contributed by atoms with Crippen molar-refractivity contribution in [2.75, 3.05) is 25.7 Å². The Bertz CT molecular complexity index is 988. The average molecular weight is 425 g/mol. The first-order chi connectivity index (χ1) is 14.9. The Balaban J connectivity index is 2.21. The second-order valence-electron chi connectivity index (χ2n) is 7.12. The fraction of sp³-hybridized carbons (Fsp3) is 0.304. The van der Waals surface area contributed by atoms with Crippen LogP contribution in [0.5, 0.6) is 0 Å². The maximum atomic E-state index is 13.9. The first kappa shape index (κ1) is 22.0. The third-order valence-corrected chi connectivity index (χ3v) is 5.36. The molecule has 0 radical (unpaired) electrons. The van der Waals surface area contributed by atoms with Gasteiger partial charge in [0.25, 0.3) is 0 Å². The highest BCUT2D eigenvalue weighted by molar-refractivity contribution is 6.14. The van der Waals surface area contributed by atoms with Gasteiger partial charge in [-0.1, -0.05) is 48.5 Å². The second-order valence-corrected chi connectivity index (χ2v) is 7.12. The lowest BCUT2D eigenvalue weighted by Crippen LogP contribution is -2.55. The third-order valence-electron chi connectivity index (χ3n) is 5.36. The van der Waals surface area contributed by atoms with Gasteiger partial charge in [-0.05, 0) is 17.2 Å². The summed E-state index contributed by atoms with van der Waals surface area (Å²) in [5.74, 6) is -4.78. The van der Waals surface area contributed by atoms with Crippen molar-refractivity contribution in [1.29, 1.82) is 0 Å². The molecule has 0 saturated heterocycles. The quantitative estimate of drug-likeness (QED) is 0.380. The minimum Gasteiger partial charge on any atom is -0.468 e. The molecule has 8 nitrogen and oxygen atoms in total. The summed E-state index contributed by atoms with van der Waals surface area (Å²) in [7, 11) is 2.23. The highest BCUT2D eigenvalue weighted by Crippen LogP contribution is 2.48. The number of fused-ring (bicyclic) bond motifs is 1. The van der Waals surface area contributed by atoms with Gasteiger partial charge in [0.05, 0.1) is 20.8 Å². The van der Waals surface area contributed by atoms with E-state index in [1.54, 1.807) is 24.3 Å². The summed E-state index contributed by atoms with van der Waals surface area (Å²) in [6.07, 6.45) is 0. The Hall–Kier alpha value is -3.68. The predicted octanol–water partition coefficient (Wildman–Crippen LogP) is 2.00. The van der Waals surface area contributed by atoms with Crippen molar-refractivity contribution >= 4 is 29.5 Å². The smallest absolute Gasteiger partial charge is 0.321 e. The van der Waals surface area contributed by atoms with Crippen LogP contribution in [0.3, 0.4) is 0 Å². The Morgan fingerprint density at radius 3 is 2.10 bits per heavy atom. The lowest BCUT2D eigenvalue weighted by Gasteiger charge is -2.32. The Morgan fingerprint density at radius 2 is 1.52 bits per heavy atom. The summed E-state index contributed by atoms with van der Waals surface area (Å²) in [5.41, 5.74) is -0.0713. The molecule has 162 valence electrons. The number of nitrogens with zero attached hydrogens (tertiary/aromatic N) is 1. The minimum absolute atomic E-state index is 0.202. The van der Waals surface area contributed by atoms with Crippen molar-refractivity contribution < 1.29 is 33.4 Å². The van der Waals surface area contributed by atoms with Crippen molar-refractivity contribution in [1.82, 2.24) is 0 Å². The van der Waals surface area contributed by atoms with E-state index in [9.17, 15) is 19.2 Å². The van der Waals surface area contributed by atoms with Crippen molar-refractivity contribution in [3.05, 3.63) is 65.7 Å². The summed E-state index contributed by atoms with van der Waals surface area (Å²) < 4.78 is 14.9. The number of ether oxygens (including phenoxy) is 3. The maximum absolute atomic E-state index is 13.9. The zero-order valence-corrected chi connectivity index (χ0v) is 17.5. The van der Waals surface area contributed by atoms with E-state index in [2.05, 4.69) is 0 Å². The van der Waals surface area contributed by atoms with E-state index in [0.29, 0.717) is 11.3 Å². The van der Waals surface area contributed by atoms with Crippen LogP contribution >= 0.6 is 0 Å². The van der Waals surface area contributed by atoms with Gasteiger partial charge < -0.3 is 19.1 Å². The number of carbonyl (C=O) groups is 4. The molecule has 8 heteroatoms. The lowest BCUT2D eigenvalue weighted by molar-refractivity contribution is -0.168. The molecule has 0 N–H and O–H groups in total. The van der Waals surface area contributed by atoms with Gasteiger partial charge in [-0.15, -0.1) is 0 Å². The molecule has 2 aromatic rings. The second kappa shape index (κ2) is 8.99. The topological polar surface area (TPSA) is 99.2 Å². The number of amides is 1. The fourth-order valence-corrected chi connectivity index (χ4v) is 3.93. The van der Waals surface area contributed by atoms with Gasteiger partial charge in [0.15, 0.2) is 5.92 Å². The first-order valence-electron chi connectivity index (χ1n) is 9.61. The molecule has 0 fully saturated rings. The Kier molecular flexibility index (Phi) is 6.39. The van der Waals surface area contributed by atoms with Gasteiger partial charge in [0, 0.05) is 12.6 Å². The van der Waals surface area contributed by atoms with E-state index >= 15 is 0 Å². The molecule has 0 aromatic heterocycles. The van der Waals surface area contributed by atoms with Crippen LogP contribution in [0.1, 0.15) is 18.1 Å². The Labute approximate surface area is 179 Å². The van der Waals surface area contributed by atoms with Crippen molar-refractivity contribution in [2.24, 2.45) is 5.92 Å². The molecule has 2 aromatic carbocycles. The highest BCUT2D eigenvalue weighted by atomic mass is 16.5. The molecule has 3 rings (SSSR count). The summed E-state index contributed by atoms with van der Waals surface area (Å²) in [6, 6.07) is 16.1. The van der Waals surface area contributed by atoms with Gasteiger partial charge in [-0.25, -0.2) is 0 Å². The van der Waals surface area contributed by atoms with Crippen LogP contribution in [-0.2, 0) is 45.3 Å². The molecule has 0 spiro atoms. The zero-order chi connectivity index (χ0) is 22.6. The molecule has 1 heterocycles. The number of rotatable bonds is 7. The number of carbonyl (C=O) groups excluding carboxylic acids is 4. The first-order valence-corrected chi connectivity index (χ1v) is 9.61. The molecular weight excluding hydrogens is 402 g/mol. The third kappa shape index (κ3) is 3.88. The summed E-state index contributed by atoms with van der Waals surface area (Å²) in [6.45, 7) is 0.873. The van der Waals surface area contributed by atoms with Crippen molar-refractivity contribution in [2.45, 2.75) is 18.9 Å². The number of hydrogen-bond acceptors (Lipinski definition) is 7. The van der Waals surface area contributed by atoms with E-state index in [-0.39, 0.29) is 6.54 Å². The minimum atomic E-state index is -1.82. The normalized spacial score (nSPS) is 17.3. The van der Waals surface area contributed by atoms with E-state index < -0.39 is 41.8 Å². The number of hydrogen-bond donors (Lipinski definition) is 0. The number of anilines is 1. The van der Waals surface area contributed by atoms with Crippen LogP contribution in [0.25, 0.3) is 0 Å². The van der Waals surface area contributed by atoms with Crippen LogP contribution in [0.4, 0.5) is 5.69 Å². The molecule has 0 aliphatic carbocycles. The maximum Gasteiger partial charge on any atom is 0.321 e.